The molecule has 0 aromatic heterocycles. The van der Waals surface area contributed by atoms with Crippen LogP contribution >= 0.6 is 23.2 Å². The molecule has 2 unspecified atom stereocenters. The van der Waals surface area contributed by atoms with Crippen LogP contribution in [0.4, 0.5) is 5.69 Å². The van der Waals surface area contributed by atoms with Gasteiger partial charge in [-0.2, -0.15) is 0 Å². The highest BCUT2D eigenvalue weighted by molar-refractivity contribution is 6.36. The first-order valence-electron chi connectivity index (χ1n) is 5.59. The van der Waals surface area contributed by atoms with Crippen molar-refractivity contribution in [2.45, 2.75) is 13.0 Å². The first kappa shape index (κ1) is 13.6. The predicted octanol–water partition coefficient (Wildman–Crippen LogP) is 2.21. The zero-order valence-electron chi connectivity index (χ0n) is 9.87. The van der Waals surface area contributed by atoms with Gasteiger partial charge in [-0.1, -0.05) is 23.2 Å². The highest BCUT2D eigenvalue weighted by Crippen LogP contribution is 2.29. The van der Waals surface area contributed by atoms with E-state index in [-0.39, 0.29) is 17.9 Å². The zero-order valence-corrected chi connectivity index (χ0v) is 11.4. The van der Waals surface area contributed by atoms with Crippen molar-refractivity contribution >= 4 is 34.8 Å². The second kappa shape index (κ2) is 5.45. The molecule has 0 spiro atoms. The summed E-state index contributed by atoms with van der Waals surface area (Å²) in [5, 5.41) is 3.75. The largest absolute Gasteiger partial charge is 0.379 e. The molecular weight excluding hydrogens is 275 g/mol. The van der Waals surface area contributed by atoms with Crippen molar-refractivity contribution in [2.75, 3.05) is 18.5 Å². The Morgan fingerprint density at radius 3 is 2.72 bits per heavy atom. The Labute approximate surface area is 115 Å². The number of amides is 1. The second-order valence-electron chi connectivity index (χ2n) is 4.38. The minimum atomic E-state index is -0.346. The number of hydrogen-bond acceptors (Lipinski definition) is 3. The highest BCUT2D eigenvalue weighted by Gasteiger charge is 2.31. The van der Waals surface area contributed by atoms with Crippen molar-refractivity contribution in [3.8, 4) is 0 Å². The first-order valence-corrected chi connectivity index (χ1v) is 6.34. The van der Waals surface area contributed by atoms with E-state index < -0.39 is 0 Å². The van der Waals surface area contributed by atoms with E-state index in [0.29, 0.717) is 28.9 Å². The third kappa shape index (κ3) is 2.78. The lowest BCUT2D eigenvalue weighted by Gasteiger charge is -2.15. The van der Waals surface area contributed by atoms with Crippen LogP contribution in [0, 0.1) is 12.8 Å². The van der Waals surface area contributed by atoms with Crippen LogP contribution in [0.1, 0.15) is 5.56 Å². The molecule has 0 radical (unpaired) electrons. The molecule has 4 nitrogen and oxygen atoms in total. The van der Waals surface area contributed by atoms with Gasteiger partial charge in [-0.3, -0.25) is 4.79 Å². The molecule has 98 valence electrons. The molecule has 1 aliphatic heterocycles. The van der Waals surface area contributed by atoms with Gasteiger partial charge in [0.15, 0.2) is 0 Å². The van der Waals surface area contributed by atoms with Gasteiger partial charge in [-0.15, -0.1) is 0 Å². The molecule has 1 aromatic carbocycles. The SMILES string of the molecule is Cc1cc(Cl)c(NC(=O)C2COCC2N)cc1Cl. The van der Waals surface area contributed by atoms with Gasteiger partial charge in [-0.25, -0.2) is 0 Å². The van der Waals surface area contributed by atoms with Gasteiger partial charge in [-0.05, 0) is 24.6 Å². The third-order valence-electron chi connectivity index (χ3n) is 2.97. The standard InChI is InChI=1S/C12H14Cl2N2O2/c1-6-2-9(14)11(3-8(6)13)16-12(17)7-4-18-5-10(7)15/h2-3,7,10H,4-5,15H2,1H3,(H,16,17). The minimum absolute atomic E-state index is 0.193. The van der Waals surface area contributed by atoms with E-state index in [0.717, 1.165) is 5.56 Å². The Kier molecular flexibility index (Phi) is 4.12. The van der Waals surface area contributed by atoms with Crippen molar-refractivity contribution in [1.82, 2.24) is 0 Å². The maximum atomic E-state index is 12.0. The van der Waals surface area contributed by atoms with Crippen molar-refractivity contribution in [1.29, 1.82) is 0 Å². The van der Waals surface area contributed by atoms with E-state index in [9.17, 15) is 4.79 Å². The molecule has 1 saturated heterocycles. The normalized spacial score (nSPS) is 23.1. The lowest BCUT2D eigenvalue weighted by molar-refractivity contribution is -0.120. The van der Waals surface area contributed by atoms with Gasteiger partial charge in [0.1, 0.15) is 0 Å². The number of carbonyl (C=O) groups is 1. The molecule has 2 rings (SSSR count). The third-order valence-corrected chi connectivity index (χ3v) is 3.69. The van der Waals surface area contributed by atoms with Crippen LogP contribution in [0.3, 0.4) is 0 Å². The van der Waals surface area contributed by atoms with Gasteiger partial charge in [0.05, 0.1) is 29.8 Å². The van der Waals surface area contributed by atoms with E-state index >= 15 is 0 Å². The van der Waals surface area contributed by atoms with Crippen LogP contribution in [0.2, 0.25) is 10.0 Å². The molecule has 1 fully saturated rings. The quantitative estimate of drug-likeness (QED) is 0.877. The molecule has 1 aromatic rings. The van der Waals surface area contributed by atoms with E-state index in [4.69, 9.17) is 33.7 Å². The number of hydrogen-bond donors (Lipinski definition) is 2. The summed E-state index contributed by atoms with van der Waals surface area (Å²) in [6, 6.07) is 3.08. The van der Waals surface area contributed by atoms with Gasteiger partial charge in [0.2, 0.25) is 5.91 Å². The summed E-state index contributed by atoms with van der Waals surface area (Å²) in [5.41, 5.74) is 7.14. The Balaban J connectivity index is 2.14. The van der Waals surface area contributed by atoms with E-state index in [1.165, 1.54) is 0 Å². The van der Waals surface area contributed by atoms with E-state index in [2.05, 4.69) is 5.32 Å². The molecule has 0 bridgehead atoms. The maximum Gasteiger partial charge on any atom is 0.231 e. The maximum absolute atomic E-state index is 12.0. The fourth-order valence-corrected chi connectivity index (χ4v) is 2.24. The summed E-state index contributed by atoms with van der Waals surface area (Å²) < 4.78 is 5.16. The molecule has 3 N–H and O–H groups in total. The summed E-state index contributed by atoms with van der Waals surface area (Å²) >= 11 is 12.1. The average molecular weight is 289 g/mol. The van der Waals surface area contributed by atoms with Gasteiger partial charge in [0, 0.05) is 11.1 Å². The number of carbonyl (C=O) groups excluding carboxylic acids is 1. The van der Waals surface area contributed by atoms with Crippen LogP contribution in [0.25, 0.3) is 0 Å². The van der Waals surface area contributed by atoms with Crippen LogP contribution < -0.4 is 11.1 Å². The molecule has 1 aliphatic rings. The van der Waals surface area contributed by atoms with Crippen molar-refractivity contribution in [3.63, 3.8) is 0 Å². The topological polar surface area (TPSA) is 64.3 Å². The minimum Gasteiger partial charge on any atom is -0.379 e. The smallest absolute Gasteiger partial charge is 0.231 e. The molecule has 0 aliphatic carbocycles. The summed E-state index contributed by atoms with van der Waals surface area (Å²) in [4.78, 5) is 12.0. The molecule has 1 amide bonds. The summed E-state index contributed by atoms with van der Waals surface area (Å²) in [5.74, 6) is -0.539. The fraction of sp³-hybridized carbons (Fsp3) is 0.417. The number of ether oxygens (including phenoxy) is 1. The molecule has 6 heteroatoms. The van der Waals surface area contributed by atoms with Crippen molar-refractivity contribution in [2.24, 2.45) is 11.7 Å². The van der Waals surface area contributed by atoms with E-state index in [1.807, 2.05) is 6.92 Å². The van der Waals surface area contributed by atoms with Crippen LogP contribution in [0.5, 0.6) is 0 Å². The Morgan fingerprint density at radius 2 is 2.11 bits per heavy atom. The molecule has 0 saturated carbocycles. The second-order valence-corrected chi connectivity index (χ2v) is 5.19. The number of halogens is 2. The summed E-state index contributed by atoms with van der Waals surface area (Å²) in [6.07, 6.45) is 0. The molecule has 18 heavy (non-hydrogen) atoms. The zero-order chi connectivity index (χ0) is 13.3. The van der Waals surface area contributed by atoms with Gasteiger partial charge in [0.25, 0.3) is 0 Å². The van der Waals surface area contributed by atoms with Crippen LogP contribution in [-0.2, 0) is 9.53 Å². The Hall–Kier alpha value is -0.810. The molecular formula is C12H14Cl2N2O2. The number of nitrogens with one attached hydrogen (secondary N) is 1. The highest BCUT2D eigenvalue weighted by atomic mass is 35.5. The van der Waals surface area contributed by atoms with Crippen LogP contribution in [-0.4, -0.2) is 25.2 Å². The summed E-state index contributed by atoms with van der Waals surface area (Å²) in [6.45, 7) is 2.59. The lowest BCUT2D eigenvalue weighted by Crippen LogP contribution is -2.37. The first-order chi connectivity index (χ1) is 8.49. The number of nitrogens with two attached hydrogens (primary N) is 1. The lowest BCUT2D eigenvalue weighted by atomic mass is 10.0. The Bertz CT molecular complexity index is 479. The van der Waals surface area contributed by atoms with Gasteiger partial charge >= 0.3 is 0 Å². The molecule has 2 atom stereocenters. The van der Waals surface area contributed by atoms with Crippen molar-refractivity contribution in [3.05, 3.63) is 27.7 Å². The number of benzene rings is 1. The van der Waals surface area contributed by atoms with Gasteiger partial charge < -0.3 is 15.8 Å². The monoisotopic (exact) mass is 288 g/mol. The van der Waals surface area contributed by atoms with E-state index in [1.54, 1.807) is 12.1 Å². The number of anilines is 1. The van der Waals surface area contributed by atoms with Crippen LogP contribution in [0.15, 0.2) is 12.1 Å². The summed E-state index contributed by atoms with van der Waals surface area (Å²) in [7, 11) is 0. The average Bonchev–Trinajstić information content (AvgIpc) is 2.72. The predicted molar refractivity (Wildman–Crippen MR) is 72.1 cm³/mol. The number of aryl methyl sites for hydroxylation is 1. The Morgan fingerprint density at radius 1 is 1.39 bits per heavy atom. The fourth-order valence-electron chi connectivity index (χ4n) is 1.81. The van der Waals surface area contributed by atoms with Crippen molar-refractivity contribution < 1.29 is 9.53 Å². The molecule has 1 heterocycles. The number of rotatable bonds is 2.